The van der Waals surface area contributed by atoms with Crippen LogP contribution in [0, 0.1) is 52.9 Å². The second-order valence-corrected chi connectivity index (χ2v) is 17.9. The number of fused-ring (bicyclic) bond motifs is 9. The topological polar surface area (TPSA) is 118 Å². The van der Waals surface area contributed by atoms with Crippen molar-refractivity contribution in [2.75, 3.05) is 0 Å². The van der Waals surface area contributed by atoms with Crippen LogP contribution in [0.1, 0.15) is 61.7 Å². The predicted octanol–water partition coefficient (Wildman–Crippen LogP) is 14.4. The Labute approximate surface area is 375 Å². The van der Waals surface area contributed by atoms with Crippen LogP contribution in [0.4, 0.5) is 0 Å². The Hall–Kier alpha value is -7.86. The zero-order valence-corrected chi connectivity index (χ0v) is 37.1. The van der Waals surface area contributed by atoms with Crippen molar-refractivity contribution in [1.82, 2.24) is 19.9 Å². The predicted molar refractivity (Wildman–Crippen MR) is 266 cm³/mol. The lowest BCUT2D eigenvalue weighted by molar-refractivity contribution is -0.132. The van der Waals surface area contributed by atoms with Crippen molar-refractivity contribution in [3.05, 3.63) is 170 Å². The molecule has 2 aliphatic heterocycles. The highest BCUT2D eigenvalue weighted by molar-refractivity contribution is 7.22. The zero-order chi connectivity index (χ0) is 44.4. The number of aliphatic carboxylic acids is 1. The first-order valence-corrected chi connectivity index (χ1v) is 22.0. The molecule has 10 rings (SSSR count). The monoisotopic (exact) mass is 849 g/mol. The highest BCUT2D eigenvalue weighted by Crippen LogP contribution is 2.43. The number of carboxylic acids is 1. The van der Waals surface area contributed by atoms with Gasteiger partial charge in [0.1, 0.15) is 11.6 Å². The van der Waals surface area contributed by atoms with Crippen LogP contribution < -0.4 is 0 Å². The first kappa shape index (κ1) is 40.2. The third kappa shape index (κ3) is 7.06. The molecule has 3 N–H and O–H groups in total. The molecule has 6 heterocycles. The summed E-state index contributed by atoms with van der Waals surface area (Å²) < 4.78 is 1.21. The summed E-state index contributed by atoms with van der Waals surface area (Å²) in [6.45, 7) is 12.9. The summed E-state index contributed by atoms with van der Waals surface area (Å²) in [5.74, 6) is -1.27. The summed E-state index contributed by atoms with van der Waals surface area (Å²) in [5.41, 5.74) is 21.3. The molecule has 4 aromatic heterocycles. The SMILES string of the molecule is Cc1cc(C)c(-c2c3nc(c(-c4cc5ccccc5s4)c4ccc([nH]4)c(-c4c(C)cc(C)cc4C)c4nc(c(-c5ccc(/C=C(/C#N)C(=O)O)cc5)c5ccc2[nH]5)C=C4)C=C3)c(C)c1. The van der Waals surface area contributed by atoms with E-state index in [1.165, 1.54) is 27.3 Å². The maximum atomic E-state index is 11.7. The van der Waals surface area contributed by atoms with E-state index in [0.29, 0.717) is 5.56 Å². The highest BCUT2D eigenvalue weighted by atomic mass is 32.1. The largest absolute Gasteiger partial charge is 0.477 e. The Balaban J connectivity index is 1.37. The van der Waals surface area contributed by atoms with Crippen molar-refractivity contribution in [2.45, 2.75) is 41.5 Å². The summed E-state index contributed by atoms with van der Waals surface area (Å²) >= 11 is 1.77. The fourth-order valence-electron chi connectivity index (χ4n) is 9.60. The minimum atomic E-state index is -1.27. The number of H-pyrrole nitrogens is 2. The number of nitriles is 1. The average Bonchev–Trinajstić information content (AvgIpc) is 4.12. The fourth-order valence-corrected chi connectivity index (χ4v) is 10.7. The van der Waals surface area contributed by atoms with Crippen molar-refractivity contribution in [2.24, 2.45) is 0 Å². The number of aromatic amines is 2. The number of carbonyl (C=O) groups is 1. The molecule has 8 bridgehead atoms. The first-order chi connectivity index (χ1) is 30.9. The van der Waals surface area contributed by atoms with Gasteiger partial charge in [0.25, 0.3) is 0 Å². The van der Waals surface area contributed by atoms with E-state index < -0.39 is 5.97 Å². The lowest BCUT2D eigenvalue weighted by Crippen LogP contribution is -1.97. The van der Waals surface area contributed by atoms with Crippen molar-refractivity contribution in [3.8, 4) is 49.9 Å². The molecule has 0 amide bonds. The Morgan fingerprint density at radius 3 is 1.52 bits per heavy atom. The maximum absolute atomic E-state index is 11.7. The quantitative estimate of drug-likeness (QED) is 0.114. The van der Waals surface area contributed by atoms with Gasteiger partial charge >= 0.3 is 5.97 Å². The van der Waals surface area contributed by atoms with Gasteiger partial charge in [0.2, 0.25) is 0 Å². The number of nitrogens with one attached hydrogen (secondary N) is 2. The standard InChI is InChI=1S/C56H43N5O2S/c1-30-23-32(3)50(33(4)24-30)54-44-19-15-40(58-44)52(37-13-11-36(12-14-37)27-39(29-57)56(62)63)41-16-20-45(59-41)55(51-34(5)25-31(2)26-35(51)6)47-22-18-43(61-47)53(42-17-21-46(54)60-42)49-28-38-9-7-8-10-48(38)64-49/h7-28,58,61H,1-6H3,(H,62,63)/b39-27-,52-40?,52-41?,53-42?,53-43?,54-44?,54-46?,55-45?,55-47?. The van der Waals surface area contributed by atoms with Gasteiger partial charge in [0.15, 0.2) is 0 Å². The molecule has 0 saturated heterocycles. The summed E-state index contributed by atoms with van der Waals surface area (Å²) in [4.78, 5) is 31.6. The molecule has 64 heavy (non-hydrogen) atoms. The molecule has 4 aromatic carbocycles. The molecule has 310 valence electrons. The fraction of sp³-hybridized carbons (Fsp3) is 0.107. The molecule has 0 fully saturated rings. The molecule has 0 aliphatic carbocycles. The number of thiophene rings is 1. The smallest absolute Gasteiger partial charge is 0.346 e. The Bertz CT molecular complexity index is 3470. The van der Waals surface area contributed by atoms with Crippen molar-refractivity contribution in [3.63, 3.8) is 0 Å². The molecule has 2 aliphatic rings. The lowest BCUT2D eigenvalue weighted by atomic mass is 9.92. The van der Waals surface area contributed by atoms with Gasteiger partial charge in [-0.25, -0.2) is 14.8 Å². The number of rotatable bonds is 6. The van der Waals surface area contributed by atoms with Gasteiger partial charge in [0.05, 0.1) is 22.8 Å². The minimum absolute atomic E-state index is 0.332. The Morgan fingerprint density at radius 2 is 1.03 bits per heavy atom. The van der Waals surface area contributed by atoms with Crippen LogP contribution in [0.25, 0.3) is 106 Å². The Morgan fingerprint density at radius 1 is 0.578 bits per heavy atom. The van der Waals surface area contributed by atoms with E-state index in [1.807, 2.05) is 24.3 Å². The van der Waals surface area contributed by atoms with Crippen LogP contribution in [0.3, 0.4) is 0 Å². The van der Waals surface area contributed by atoms with Crippen LogP contribution in [-0.4, -0.2) is 31.0 Å². The van der Waals surface area contributed by atoms with Crippen LogP contribution in [-0.2, 0) is 4.79 Å². The van der Waals surface area contributed by atoms with E-state index in [0.717, 1.165) is 111 Å². The lowest BCUT2D eigenvalue weighted by Gasteiger charge is -2.13. The number of carboxylic acid groups (broad SMARTS) is 1. The molecule has 7 nitrogen and oxygen atoms in total. The van der Waals surface area contributed by atoms with Gasteiger partial charge in [-0.3, -0.25) is 0 Å². The van der Waals surface area contributed by atoms with E-state index in [9.17, 15) is 15.2 Å². The van der Waals surface area contributed by atoms with Crippen molar-refractivity contribution in [1.29, 1.82) is 5.26 Å². The van der Waals surface area contributed by atoms with Gasteiger partial charge in [-0.05, 0) is 158 Å². The van der Waals surface area contributed by atoms with E-state index in [2.05, 4.69) is 155 Å². The van der Waals surface area contributed by atoms with E-state index in [4.69, 9.17) is 9.97 Å². The third-order valence-electron chi connectivity index (χ3n) is 12.1. The summed E-state index contributed by atoms with van der Waals surface area (Å²) in [7, 11) is 0. The van der Waals surface area contributed by atoms with Crippen LogP contribution in [0.15, 0.2) is 109 Å². The summed E-state index contributed by atoms with van der Waals surface area (Å²) in [6, 6.07) is 37.7. The van der Waals surface area contributed by atoms with E-state index >= 15 is 0 Å². The van der Waals surface area contributed by atoms with Crippen molar-refractivity contribution < 1.29 is 9.90 Å². The number of nitrogens with zero attached hydrogens (tertiary/aromatic N) is 3. The van der Waals surface area contributed by atoms with Crippen molar-refractivity contribution >= 4 is 79.8 Å². The molecular weight excluding hydrogens is 807 g/mol. The maximum Gasteiger partial charge on any atom is 0.346 e. The molecular formula is C56H43N5O2S. The van der Waals surface area contributed by atoms with Gasteiger partial charge in [0, 0.05) is 53.9 Å². The highest BCUT2D eigenvalue weighted by Gasteiger charge is 2.22. The summed E-state index contributed by atoms with van der Waals surface area (Å²) in [6.07, 6.45) is 9.86. The normalized spacial score (nSPS) is 12.3. The molecule has 8 aromatic rings. The third-order valence-corrected chi connectivity index (χ3v) is 13.3. The molecule has 0 atom stereocenters. The first-order valence-electron chi connectivity index (χ1n) is 21.2. The average molecular weight is 850 g/mol. The number of hydrogen-bond acceptors (Lipinski definition) is 5. The minimum Gasteiger partial charge on any atom is -0.477 e. The van der Waals surface area contributed by atoms with Gasteiger partial charge < -0.3 is 15.1 Å². The Kier molecular flexibility index (Phi) is 9.93. The summed E-state index contributed by atoms with van der Waals surface area (Å²) in [5, 5.41) is 20.2. The second kappa shape index (κ2) is 15.8. The molecule has 0 radical (unpaired) electrons. The van der Waals surface area contributed by atoms with Crippen LogP contribution >= 0.6 is 11.3 Å². The number of hydrogen-bond donors (Lipinski definition) is 3. The van der Waals surface area contributed by atoms with E-state index in [-0.39, 0.29) is 5.57 Å². The second-order valence-electron chi connectivity index (χ2n) is 16.8. The zero-order valence-electron chi connectivity index (χ0n) is 36.3. The molecule has 0 spiro atoms. The van der Waals surface area contributed by atoms with Gasteiger partial charge in [-0.1, -0.05) is 77.9 Å². The van der Waals surface area contributed by atoms with Crippen LogP contribution in [0.5, 0.6) is 0 Å². The number of aryl methyl sites for hydroxylation is 6. The van der Waals surface area contributed by atoms with Gasteiger partial charge in [-0.15, -0.1) is 11.3 Å². The van der Waals surface area contributed by atoms with Gasteiger partial charge in [-0.2, -0.15) is 5.26 Å². The molecule has 8 heteroatoms. The number of aromatic nitrogens is 4. The molecule has 0 saturated carbocycles. The van der Waals surface area contributed by atoms with E-state index in [1.54, 1.807) is 17.4 Å². The van der Waals surface area contributed by atoms with Crippen LogP contribution in [0.2, 0.25) is 0 Å². The molecule has 0 unspecified atom stereocenters. The number of benzene rings is 4.